The lowest BCUT2D eigenvalue weighted by Crippen LogP contribution is -2.46. The number of pyridine rings is 1. The number of thiophene rings is 1. The lowest BCUT2D eigenvalue weighted by atomic mass is 9.93. The summed E-state index contributed by atoms with van der Waals surface area (Å²) in [6, 6.07) is 6.47. The van der Waals surface area contributed by atoms with Crippen LogP contribution in [-0.4, -0.2) is 105 Å². The molecular formula is C25H28F9N3O7S. The van der Waals surface area contributed by atoms with Crippen molar-refractivity contribution in [3.05, 3.63) is 52.5 Å². The highest BCUT2D eigenvalue weighted by Gasteiger charge is 2.39. The second kappa shape index (κ2) is 17.9. The highest BCUT2D eigenvalue weighted by Crippen LogP contribution is 2.26. The molecule has 10 nitrogen and oxygen atoms in total. The van der Waals surface area contributed by atoms with Crippen LogP contribution >= 0.6 is 11.3 Å². The third kappa shape index (κ3) is 16.4. The summed E-state index contributed by atoms with van der Waals surface area (Å²) < 4.78 is 101. The van der Waals surface area contributed by atoms with Crippen molar-refractivity contribution in [2.75, 3.05) is 32.8 Å². The van der Waals surface area contributed by atoms with Gasteiger partial charge >= 0.3 is 36.4 Å². The van der Waals surface area contributed by atoms with Crippen LogP contribution < -0.4 is 0 Å². The minimum Gasteiger partial charge on any atom is -0.475 e. The second-order valence-electron chi connectivity index (χ2n) is 9.32. The number of aliphatic carboxylic acids is 3. The van der Waals surface area contributed by atoms with E-state index in [9.17, 15) is 39.5 Å². The van der Waals surface area contributed by atoms with E-state index in [1.807, 2.05) is 12.4 Å². The van der Waals surface area contributed by atoms with E-state index in [2.05, 4.69) is 43.7 Å². The van der Waals surface area contributed by atoms with E-state index >= 15 is 0 Å². The average Bonchev–Trinajstić information content (AvgIpc) is 3.35. The Labute approximate surface area is 253 Å². The summed E-state index contributed by atoms with van der Waals surface area (Å²) in [7, 11) is 0. The number of carboxylic acid groups (broad SMARTS) is 3. The Morgan fingerprint density at radius 3 is 1.69 bits per heavy atom. The summed E-state index contributed by atoms with van der Waals surface area (Å²) in [6.45, 7) is 7.36. The molecule has 0 radical (unpaired) electrons. The van der Waals surface area contributed by atoms with Gasteiger partial charge in [-0.3, -0.25) is 14.8 Å². The summed E-state index contributed by atoms with van der Waals surface area (Å²) in [6.07, 6.45) is -9.85. The molecule has 0 spiro atoms. The lowest BCUT2D eigenvalue weighted by molar-refractivity contribution is -0.193. The third-order valence-electron chi connectivity index (χ3n) is 5.88. The highest BCUT2D eigenvalue weighted by atomic mass is 32.1. The van der Waals surface area contributed by atoms with Gasteiger partial charge in [-0.2, -0.15) is 50.9 Å². The van der Waals surface area contributed by atoms with E-state index in [4.69, 9.17) is 34.4 Å². The summed E-state index contributed by atoms with van der Waals surface area (Å²) in [5.74, 6) is -7.61. The van der Waals surface area contributed by atoms with Gasteiger partial charge in [-0.1, -0.05) is 0 Å². The lowest BCUT2D eigenvalue weighted by Gasteiger charge is -2.38. The molecule has 2 aromatic rings. The number of alkyl halides is 9. The fraction of sp³-hybridized carbons (Fsp3) is 0.520. The summed E-state index contributed by atoms with van der Waals surface area (Å²) in [5, 5.41) is 25.8. The zero-order valence-corrected chi connectivity index (χ0v) is 23.8. The Kier molecular flexibility index (Phi) is 15.7. The van der Waals surface area contributed by atoms with Gasteiger partial charge in [-0.15, -0.1) is 0 Å². The van der Waals surface area contributed by atoms with Gasteiger partial charge in [-0.05, 0) is 53.1 Å². The van der Waals surface area contributed by atoms with Gasteiger partial charge in [0.1, 0.15) is 0 Å². The number of carboxylic acids is 3. The number of ether oxygens (including phenoxy) is 1. The molecule has 0 amide bonds. The van der Waals surface area contributed by atoms with Gasteiger partial charge in [-0.25, -0.2) is 14.4 Å². The molecule has 0 aromatic carbocycles. The smallest absolute Gasteiger partial charge is 0.475 e. The van der Waals surface area contributed by atoms with Gasteiger partial charge < -0.3 is 20.1 Å². The number of halogens is 9. The Morgan fingerprint density at radius 1 is 0.778 bits per heavy atom. The van der Waals surface area contributed by atoms with Gasteiger partial charge in [0.05, 0.1) is 12.7 Å². The first-order chi connectivity index (χ1) is 20.7. The predicted molar refractivity (Wildman–Crippen MR) is 138 cm³/mol. The van der Waals surface area contributed by atoms with Crippen molar-refractivity contribution in [1.82, 2.24) is 14.8 Å². The van der Waals surface area contributed by atoms with Crippen molar-refractivity contribution in [2.24, 2.45) is 5.92 Å². The van der Waals surface area contributed by atoms with Crippen molar-refractivity contribution < 1.29 is 74.0 Å². The monoisotopic (exact) mass is 685 g/mol. The van der Waals surface area contributed by atoms with Crippen LogP contribution in [0, 0.1) is 5.92 Å². The minimum absolute atomic E-state index is 0.389. The maximum atomic E-state index is 10.6. The van der Waals surface area contributed by atoms with Gasteiger partial charge in [0.15, 0.2) is 0 Å². The van der Waals surface area contributed by atoms with E-state index in [0.717, 1.165) is 39.3 Å². The summed E-state index contributed by atoms with van der Waals surface area (Å²) in [4.78, 5) is 35.9. The van der Waals surface area contributed by atoms with Crippen LogP contribution in [0.4, 0.5) is 39.5 Å². The standard InChI is InChI=1S/C19H25N3OS.3C2HF3O2/c1-5-20-6-2-16(1)11-22-8-9-23-19-14-21(7-3-18(19)13-22)12-17-4-10-24-15-17;3*3-2(4,5)1(6)7/h1-2,4-6,10,15,18-19H,3,7-9,11-14H2;3*(H,6,7)/t18-,19-;;;/m1.../s1. The van der Waals surface area contributed by atoms with Crippen LogP contribution in [-0.2, 0) is 32.2 Å². The van der Waals surface area contributed by atoms with E-state index in [0.29, 0.717) is 12.0 Å². The Balaban J connectivity index is 0.000000396. The number of hydrogen-bond donors (Lipinski definition) is 3. The Morgan fingerprint density at radius 2 is 1.24 bits per heavy atom. The number of rotatable bonds is 4. The fourth-order valence-electron chi connectivity index (χ4n) is 3.86. The largest absolute Gasteiger partial charge is 0.490 e. The molecule has 4 rings (SSSR count). The van der Waals surface area contributed by atoms with Crippen LogP contribution in [0.15, 0.2) is 41.4 Å². The molecular weight excluding hydrogens is 657 g/mol. The van der Waals surface area contributed by atoms with E-state index < -0.39 is 36.4 Å². The molecule has 0 unspecified atom stereocenters. The molecule has 2 aliphatic rings. The van der Waals surface area contributed by atoms with Crippen molar-refractivity contribution >= 4 is 29.2 Å². The van der Waals surface area contributed by atoms with Crippen molar-refractivity contribution in [1.29, 1.82) is 0 Å². The Hall–Kier alpha value is -3.49. The van der Waals surface area contributed by atoms with E-state index in [1.54, 1.807) is 11.3 Å². The maximum Gasteiger partial charge on any atom is 0.490 e. The molecule has 2 aliphatic heterocycles. The van der Waals surface area contributed by atoms with Gasteiger partial charge in [0.2, 0.25) is 0 Å². The maximum absolute atomic E-state index is 10.6. The number of aromatic nitrogens is 1. The van der Waals surface area contributed by atoms with E-state index in [1.165, 1.54) is 24.1 Å². The SMILES string of the molecule is O=C(O)C(F)(F)F.O=C(O)C(F)(F)F.O=C(O)C(F)(F)F.c1cc(CN2CCO[C@@H]3CN(Cc4ccsc4)CC[C@@H]3C2)ccn1. The minimum atomic E-state index is -5.08. The quantitative estimate of drug-likeness (QED) is 0.386. The normalized spacial score (nSPS) is 19.1. The number of piperidine rings is 1. The van der Waals surface area contributed by atoms with Crippen LogP contribution in [0.3, 0.4) is 0 Å². The first-order valence-corrected chi connectivity index (χ1v) is 13.5. The Bertz CT molecular complexity index is 1120. The van der Waals surface area contributed by atoms with Gasteiger partial charge in [0, 0.05) is 51.0 Å². The average molecular weight is 686 g/mol. The molecule has 0 bridgehead atoms. The van der Waals surface area contributed by atoms with Crippen molar-refractivity contribution in [3.8, 4) is 0 Å². The molecule has 20 heteroatoms. The number of hydrogen-bond acceptors (Lipinski definition) is 8. The number of likely N-dealkylation sites (tertiary alicyclic amines) is 1. The molecule has 4 heterocycles. The number of nitrogens with zero attached hydrogens (tertiary/aromatic N) is 3. The van der Waals surface area contributed by atoms with Crippen molar-refractivity contribution in [2.45, 2.75) is 44.1 Å². The number of fused-ring (bicyclic) bond motifs is 1. The van der Waals surface area contributed by atoms with E-state index in [-0.39, 0.29) is 0 Å². The fourth-order valence-corrected chi connectivity index (χ4v) is 4.52. The predicted octanol–water partition coefficient (Wildman–Crippen LogP) is 4.77. The molecule has 2 atom stereocenters. The van der Waals surface area contributed by atoms with Crippen molar-refractivity contribution in [3.63, 3.8) is 0 Å². The van der Waals surface area contributed by atoms with Gasteiger partial charge in [0.25, 0.3) is 0 Å². The first kappa shape index (κ1) is 39.5. The topological polar surface area (TPSA) is 140 Å². The summed E-state index contributed by atoms with van der Waals surface area (Å²) >= 11 is 1.79. The zero-order chi connectivity index (χ0) is 34.4. The van der Waals surface area contributed by atoms with Crippen LogP contribution in [0.1, 0.15) is 17.5 Å². The highest BCUT2D eigenvalue weighted by molar-refractivity contribution is 7.07. The third-order valence-corrected chi connectivity index (χ3v) is 6.61. The van der Waals surface area contributed by atoms with Crippen LogP contribution in [0.2, 0.25) is 0 Å². The summed E-state index contributed by atoms with van der Waals surface area (Å²) in [5.41, 5.74) is 2.78. The second-order valence-corrected chi connectivity index (χ2v) is 10.1. The van der Waals surface area contributed by atoms with Crippen LogP contribution in [0.25, 0.3) is 0 Å². The molecule has 2 aromatic heterocycles. The number of carbonyl (C=O) groups is 3. The zero-order valence-electron chi connectivity index (χ0n) is 23.0. The van der Waals surface area contributed by atoms with Crippen LogP contribution in [0.5, 0.6) is 0 Å². The molecule has 254 valence electrons. The molecule has 0 saturated carbocycles. The molecule has 3 N–H and O–H groups in total. The molecule has 2 fully saturated rings. The molecule has 2 saturated heterocycles. The molecule has 0 aliphatic carbocycles. The first-order valence-electron chi connectivity index (χ1n) is 12.6. The molecule has 45 heavy (non-hydrogen) atoms.